The molecule has 0 atom stereocenters. The number of nitrogens with one attached hydrogen (secondary N) is 2. The van der Waals surface area contributed by atoms with Crippen LogP contribution in [0.15, 0.2) is 24.3 Å². The van der Waals surface area contributed by atoms with Crippen LogP contribution >= 0.6 is 11.6 Å². The first kappa shape index (κ1) is 11.7. The van der Waals surface area contributed by atoms with Gasteiger partial charge in [0.25, 0.3) is 0 Å². The number of hydrogen-bond acceptors (Lipinski definition) is 2. The van der Waals surface area contributed by atoms with Gasteiger partial charge in [0, 0.05) is 6.54 Å². The van der Waals surface area contributed by atoms with Crippen LogP contribution in [0.3, 0.4) is 0 Å². The van der Waals surface area contributed by atoms with Gasteiger partial charge in [-0.1, -0.05) is 23.7 Å². The minimum atomic E-state index is 0.813. The quantitative estimate of drug-likeness (QED) is 0.842. The van der Waals surface area contributed by atoms with Crippen molar-refractivity contribution in [1.82, 2.24) is 5.32 Å². The second-order valence-corrected chi connectivity index (χ2v) is 4.80. The van der Waals surface area contributed by atoms with Crippen LogP contribution in [-0.4, -0.2) is 19.6 Å². The zero-order valence-electron chi connectivity index (χ0n) is 9.51. The van der Waals surface area contributed by atoms with Crippen LogP contribution in [0.5, 0.6) is 0 Å². The molecule has 1 aromatic carbocycles. The third-order valence-electron chi connectivity index (χ3n) is 3.20. The topological polar surface area (TPSA) is 24.1 Å². The first-order valence-electron chi connectivity index (χ1n) is 6.05. The van der Waals surface area contributed by atoms with Crippen LogP contribution in [0.25, 0.3) is 0 Å². The molecule has 1 saturated heterocycles. The number of hydrogen-bond donors (Lipinski definition) is 2. The highest BCUT2D eigenvalue weighted by Gasteiger charge is 2.12. The van der Waals surface area contributed by atoms with Gasteiger partial charge < -0.3 is 10.6 Å². The van der Waals surface area contributed by atoms with E-state index in [1.807, 2.05) is 24.3 Å². The van der Waals surface area contributed by atoms with Gasteiger partial charge in [-0.05, 0) is 50.4 Å². The Morgan fingerprint density at radius 3 is 2.75 bits per heavy atom. The lowest BCUT2D eigenvalue weighted by atomic mass is 9.95. The molecule has 1 aliphatic rings. The molecule has 0 bridgehead atoms. The summed E-state index contributed by atoms with van der Waals surface area (Å²) in [6.45, 7) is 3.38. The summed E-state index contributed by atoms with van der Waals surface area (Å²) in [4.78, 5) is 0. The van der Waals surface area contributed by atoms with E-state index in [0.29, 0.717) is 0 Å². The lowest BCUT2D eigenvalue weighted by Crippen LogP contribution is -2.28. The number of halogens is 1. The molecule has 0 unspecified atom stereocenters. The fourth-order valence-electron chi connectivity index (χ4n) is 2.19. The van der Waals surface area contributed by atoms with Gasteiger partial charge in [0.2, 0.25) is 0 Å². The van der Waals surface area contributed by atoms with Crippen molar-refractivity contribution in [3.8, 4) is 0 Å². The third kappa shape index (κ3) is 3.39. The fraction of sp³-hybridized carbons (Fsp3) is 0.538. The van der Waals surface area contributed by atoms with Crippen LogP contribution in [0.1, 0.15) is 19.3 Å². The van der Waals surface area contributed by atoms with E-state index in [1.165, 1.54) is 32.4 Å². The summed E-state index contributed by atoms with van der Waals surface area (Å²) in [6.07, 6.45) is 3.86. The Morgan fingerprint density at radius 1 is 1.25 bits per heavy atom. The average molecular weight is 239 g/mol. The molecule has 0 radical (unpaired) electrons. The van der Waals surface area contributed by atoms with Gasteiger partial charge in [0.1, 0.15) is 0 Å². The summed E-state index contributed by atoms with van der Waals surface area (Å²) in [5.74, 6) is 0.872. The predicted octanol–water partition coefficient (Wildman–Crippen LogP) is 3.14. The SMILES string of the molecule is Clc1ccccc1NCCC1CCNCC1. The summed E-state index contributed by atoms with van der Waals surface area (Å²) in [6, 6.07) is 7.93. The van der Waals surface area contributed by atoms with E-state index in [1.54, 1.807) is 0 Å². The van der Waals surface area contributed by atoms with E-state index in [0.717, 1.165) is 23.2 Å². The summed E-state index contributed by atoms with van der Waals surface area (Å²) in [7, 11) is 0. The Hall–Kier alpha value is -0.730. The Kier molecular flexibility index (Phi) is 4.49. The molecule has 1 aliphatic heterocycles. The molecule has 1 heterocycles. The van der Waals surface area contributed by atoms with Gasteiger partial charge in [-0.15, -0.1) is 0 Å². The summed E-state index contributed by atoms with van der Waals surface area (Å²) < 4.78 is 0. The van der Waals surface area contributed by atoms with Gasteiger partial charge in [0.05, 0.1) is 10.7 Å². The molecule has 0 spiro atoms. The van der Waals surface area contributed by atoms with Gasteiger partial charge in [-0.3, -0.25) is 0 Å². The highest BCUT2D eigenvalue weighted by Crippen LogP contribution is 2.21. The number of rotatable bonds is 4. The molecular formula is C13H19ClN2. The van der Waals surface area contributed by atoms with Crippen molar-refractivity contribution in [3.05, 3.63) is 29.3 Å². The molecule has 0 saturated carbocycles. The minimum absolute atomic E-state index is 0.813. The first-order valence-corrected chi connectivity index (χ1v) is 6.43. The molecule has 2 N–H and O–H groups in total. The normalized spacial score (nSPS) is 17.3. The lowest BCUT2D eigenvalue weighted by molar-refractivity contribution is 0.361. The number of anilines is 1. The first-order chi connectivity index (χ1) is 7.86. The van der Waals surface area contributed by atoms with Crippen molar-refractivity contribution in [2.45, 2.75) is 19.3 Å². The zero-order valence-corrected chi connectivity index (χ0v) is 10.3. The zero-order chi connectivity index (χ0) is 11.2. The molecule has 1 fully saturated rings. The van der Waals surface area contributed by atoms with E-state index >= 15 is 0 Å². The average Bonchev–Trinajstić information content (AvgIpc) is 2.33. The van der Waals surface area contributed by atoms with E-state index in [4.69, 9.17) is 11.6 Å². The maximum atomic E-state index is 6.07. The molecule has 2 rings (SSSR count). The van der Waals surface area contributed by atoms with Crippen LogP contribution in [0.4, 0.5) is 5.69 Å². The van der Waals surface area contributed by atoms with Crippen molar-refractivity contribution in [2.24, 2.45) is 5.92 Å². The fourth-order valence-corrected chi connectivity index (χ4v) is 2.39. The molecule has 1 aromatic rings. The van der Waals surface area contributed by atoms with Crippen LogP contribution in [-0.2, 0) is 0 Å². The Bertz CT molecular complexity index is 321. The smallest absolute Gasteiger partial charge is 0.0637 e. The maximum absolute atomic E-state index is 6.07. The van der Waals surface area contributed by atoms with E-state index in [2.05, 4.69) is 10.6 Å². The summed E-state index contributed by atoms with van der Waals surface area (Å²) >= 11 is 6.07. The highest BCUT2D eigenvalue weighted by atomic mass is 35.5. The number of piperidine rings is 1. The third-order valence-corrected chi connectivity index (χ3v) is 3.53. The Morgan fingerprint density at radius 2 is 2.00 bits per heavy atom. The molecule has 3 heteroatoms. The molecule has 0 aliphatic carbocycles. The van der Waals surface area contributed by atoms with Crippen LogP contribution in [0.2, 0.25) is 5.02 Å². The van der Waals surface area contributed by atoms with Gasteiger partial charge in [-0.25, -0.2) is 0 Å². The molecular weight excluding hydrogens is 220 g/mol. The van der Waals surface area contributed by atoms with E-state index < -0.39 is 0 Å². The van der Waals surface area contributed by atoms with Crippen LogP contribution in [0, 0.1) is 5.92 Å². The van der Waals surface area contributed by atoms with Crippen molar-refractivity contribution >= 4 is 17.3 Å². The summed E-state index contributed by atoms with van der Waals surface area (Å²) in [5.41, 5.74) is 1.05. The Balaban J connectivity index is 1.73. The molecule has 2 nitrogen and oxygen atoms in total. The van der Waals surface area contributed by atoms with E-state index in [-0.39, 0.29) is 0 Å². The van der Waals surface area contributed by atoms with Gasteiger partial charge >= 0.3 is 0 Å². The standard InChI is InChI=1S/C13H19ClN2/c14-12-3-1-2-4-13(12)16-10-7-11-5-8-15-9-6-11/h1-4,11,15-16H,5-10H2. The van der Waals surface area contributed by atoms with Crippen molar-refractivity contribution in [2.75, 3.05) is 25.0 Å². The van der Waals surface area contributed by atoms with Crippen molar-refractivity contribution in [1.29, 1.82) is 0 Å². The van der Waals surface area contributed by atoms with Crippen molar-refractivity contribution in [3.63, 3.8) is 0 Å². The van der Waals surface area contributed by atoms with E-state index in [9.17, 15) is 0 Å². The molecule has 0 aromatic heterocycles. The minimum Gasteiger partial charge on any atom is -0.384 e. The second-order valence-electron chi connectivity index (χ2n) is 4.39. The lowest BCUT2D eigenvalue weighted by Gasteiger charge is -2.22. The molecule has 0 amide bonds. The second kappa shape index (κ2) is 6.12. The maximum Gasteiger partial charge on any atom is 0.0637 e. The van der Waals surface area contributed by atoms with Crippen LogP contribution < -0.4 is 10.6 Å². The van der Waals surface area contributed by atoms with Gasteiger partial charge in [0.15, 0.2) is 0 Å². The monoisotopic (exact) mass is 238 g/mol. The Labute approximate surface area is 102 Å². The number of para-hydroxylation sites is 1. The van der Waals surface area contributed by atoms with Gasteiger partial charge in [-0.2, -0.15) is 0 Å². The molecule has 88 valence electrons. The predicted molar refractivity (Wildman–Crippen MR) is 70.2 cm³/mol. The number of benzene rings is 1. The van der Waals surface area contributed by atoms with Crippen molar-refractivity contribution < 1.29 is 0 Å². The largest absolute Gasteiger partial charge is 0.384 e. The highest BCUT2D eigenvalue weighted by molar-refractivity contribution is 6.33. The molecule has 16 heavy (non-hydrogen) atoms. The summed E-state index contributed by atoms with van der Waals surface area (Å²) in [5, 5.41) is 7.61.